The van der Waals surface area contributed by atoms with Gasteiger partial charge in [-0.15, -0.1) is 0 Å². The number of nitrogens with zero attached hydrogens (tertiary/aromatic N) is 1. The second-order valence-corrected chi connectivity index (χ2v) is 4.47. The van der Waals surface area contributed by atoms with E-state index in [-0.39, 0.29) is 5.91 Å². The standard InChI is InChI=1S/C13H14N2O3S/c1-8-10(7-19-15-8)13(16)14-9-4-5-11(17-2)12(6-9)18-3/h4-7H,1-3H3,(H,14,16). The number of aryl methyl sites for hydroxylation is 1. The Hall–Kier alpha value is -2.08. The summed E-state index contributed by atoms with van der Waals surface area (Å²) in [5.74, 6) is 1.01. The Balaban J connectivity index is 2.20. The molecule has 1 amide bonds. The minimum atomic E-state index is -0.182. The summed E-state index contributed by atoms with van der Waals surface area (Å²) in [7, 11) is 3.12. The van der Waals surface area contributed by atoms with E-state index < -0.39 is 0 Å². The Bertz CT molecular complexity index is 595. The van der Waals surface area contributed by atoms with Crippen molar-refractivity contribution in [1.82, 2.24) is 4.37 Å². The van der Waals surface area contributed by atoms with Crippen molar-refractivity contribution in [2.24, 2.45) is 0 Å². The fourth-order valence-corrected chi connectivity index (χ4v) is 2.31. The molecule has 0 fully saturated rings. The molecule has 0 aliphatic heterocycles. The fourth-order valence-electron chi connectivity index (χ4n) is 1.62. The number of benzene rings is 1. The van der Waals surface area contributed by atoms with Gasteiger partial charge in [-0.3, -0.25) is 4.79 Å². The maximum absolute atomic E-state index is 12.0. The number of amides is 1. The molecule has 0 unspecified atom stereocenters. The normalized spacial score (nSPS) is 10.1. The fraction of sp³-hybridized carbons (Fsp3) is 0.231. The van der Waals surface area contributed by atoms with Crippen LogP contribution in [0.15, 0.2) is 23.6 Å². The van der Waals surface area contributed by atoms with Crippen LogP contribution in [0.1, 0.15) is 16.1 Å². The van der Waals surface area contributed by atoms with Gasteiger partial charge in [0.05, 0.1) is 25.5 Å². The summed E-state index contributed by atoms with van der Waals surface area (Å²) in [6.07, 6.45) is 0. The highest BCUT2D eigenvalue weighted by Crippen LogP contribution is 2.30. The predicted octanol–water partition coefficient (Wildman–Crippen LogP) is 2.72. The van der Waals surface area contributed by atoms with Crippen molar-refractivity contribution >= 4 is 23.1 Å². The molecule has 0 aliphatic rings. The molecule has 2 aromatic rings. The molecular formula is C13H14N2O3S. The minimum absolute atomic E-state index is 0.182. The van der Waals surface area contributed by atoms with Gasteiger partial charge in [-0.05, 0) is 30.6 Å². The summed E-state index contributed by atoms with van der Waals surface area (Å²) in [6.45, 7) is 1.81. The highest BCUT2D eigenvalue weighted by Gasteiger charge is 2.12. The third-order valence-electron chi connectivity index (χ3n) is 2.64. The summed E-state index contributed by atoms with van der Waals surface area (Å²) in [5, 5.41) is 4.53. The van der Waals surface area contributed by atoms with Crippen LogP contribution in [0.25, 0.3) is 0 Å². The lowest BCUT2D eigenvalue weighted by molar-refractivity contribution is 0.102. The summed E-state index contributed by atoms with van der Waals surface area (Å²) in [6, 6.07) is 5.22. The number of carbonyl (C=O) groups is 1. The van der Waals surface area contributed by atoms with E-state index in [4.69, 9.17) is 9.47 Å². The molecule has 0 saturated carbocycles. The average molecular weight is 278 g/mol. The molecule has 0 spiro atoms. The van der Waals surface area contributed by atoms with Gasteiger partial charge >= 0.3 is 0 Å². The van der Waals surface area contributed by atoms with Crippen LogP contribution < -0.4 is 14.8 Å². The first-order valence-corrected chi connectivity index (χ1v) is 6.43. The van der Waals surface area contributed by atoms with Gasteiger partial charge in [-0.25, -0.2) is 0 Å². The molecule has 0 aliphatic carbocycles. The molecular weight excluding hydrogens is 264 g/mol. The highest BCUT2D eigenvalue weighted by molar-refractivity contribution is 7.04. The monoisotopic (exact) mass is 278 g/mol. The second-order valence-electron chi connectivity index (χ2n) is 3.84. The van der Waals surface area contributed by atoms with E-state index in [1.54, 1.807) is 44.7 Å². The lowest BCUT2D eigenvalue weighted by Crippen LogP contribution is -2.12. The van der Waals surface area contributed by atoms with Crippen molar-refractivity contribution in [2.45, 2.75) is 6.92 Å². The van der Waals surface area contributed by atoms with Gasteiger partial charge in [0.1, 0.15) is 0 Å². The van der Waals surface area contributed by atoms with Crippen molar-refractivity contribution in [2.75, 3.05) is 19.5 Å². The van der Waals surface area contributed by atoms with Gasteiger partial charge in [0.2, 0.25) is 0 Å². The van der Waals surface area contributed by atoms with Crippen LogP contribution in [0.2, 0.25) is 0 Å². The van der Waals surface area contributed by atoms with Crippen LogP contribution in [0.5, 0.6) is 11.5 Å². The van der Waals surface area contributed by atoms with Crippen molar-refractivity contribution in [3.63, 3.8) is 0 Å². The maximum Gasteiger partial charge on any atom is 0.258 e. The Morgan fingerprint density at radius 1 is 1.26 bits per heavy atom. The lowest BCUT2D eigenvalue weighted by atomic mass is 10.2. The van der Waals surface area contributed by atoms with Gasteiger partial charge in [0.15, 0.2) is 11.5 Å². The first-order valence-electron chi connectivity index (χ1n) is 5.60. The van der Waals surface area contributed by atoms with Gasteiger partial charge in [0, 0.05) is 17.1 Å². The Labute approximate surface area is 115 Å². The zero-order valence-corrected chi connectivity index (χ0v) is 11.7. The molecule has 6 heteroatoms. The first-order chi connectivity index (χ1) is 9.15. The zero-order valence-electron chi connectivity index (χ0n) is 10.9. The summed E-state index contributed by atoms with van der Waals surface area (Å²) in [4.78, 5) is 12.0. The SMILES string of the molecule is COc1ccc(NC(=O)c2csnc2C)cc1OC. The number of hydrogen-bond acceptors (Lipinski definition) is 5. The summed E-state index contributed by atoms with van der Waals surface area (Å²) < 4.78 is 14.4. The Kier molecular flexibility index (Phi) is 4.01. The number of ether oxygens (including phenoxy) is 2. The van der Waals surface area contributed by atoms with Crippen molar-refractivity contribution in [3.05, 3.63) is 34.8 Å². The minimum Gasteiger partial charge on any atom is -0.493 e. The van der Waals surface area contributed by atoms with Gasteiger partial charge in [-0.1, -0.05) is 0 Å². The largest absolute Gasteiger partial charge is 0.493 e. The molecule has 0 atom stereocenters. The second kappa shape index (κ2) is 5.71. The topological polar surface area (TPSA) is 60.5 Å². The number of rotatable bonds is 4. The van der Waals surface area contributed by atoms with Gasteiger partial charge in [-0.2, -0.15) is 4.37 Å². The third kappa shape index (κ3) is 2.85. The molecule has 0 saturated heterocycles. The summed E-state index contributed by atoms with van der Waals surface area (Å²) >= 11 is 1.26. The van der Waals surface area contributed by atoms with Crippen LogP contribution in [0, 0.1) is 6.92 Å². The number of aromatic nitrogens is 1. The van der Waals surface area contributed by atoms with Crippen LogP contribution >= 0.6 is 11.5 Å². The molecule has 0 bridgehead atoms. The molecule has 5 nitrogen and oxygen atoms in total. The average Bonchev–Trinajstić information content (AvgIpc) is 2.85. The van der Waals surface area contributed by atoms with Gasteiger partial charge < -0.3 is 14.8 Å². The van der Waals surface area contributed by atoms with E-state index in [9.17, 15) is 4.79 Å². The maximum atomic E-state index is 12.0. The van der Waals surface area contributed by atoms with E-state index in [0.29, 0.717) is 22.7 Å². The smallest absolute Gasteiger partial charge is 0.258 e. The Morgan fingerprint density at radius 3 is 2.58 bits per heavy atom. The Morgan fingerprint density at radius 2 is 2.00 bits per heavy atom. The number of nitrogens with one attached hydrogen (secondary N) is 1. The lowest BCUT2D eigenvalue weighted by Gasteiger charge is -2.10. The quantitative estimate of drug-likeness (QED) is 0.934. The number of anilines is 1. The molecule has 0 radical (unpaired) electrons. The number of carbonyl (C=O) groups excluding carboxylic acids is 1. The van der Waals surface area contributed by atoms with Crippen LogP contribution in [-0.2, 0) is 0 Å². The van der Waals surface area contributed by atoms with E-state index in [1.165, 1.54) is 11.5 Å². The predicted molar refractivity (Wildman–Crippen MR) is 74.4 cm³/mol. The molecule has 2 rings (SSSR count). The molecule has 100 valence electrons. The van der Waals surface area contributed by atoms with Crippen LogP contribution in [0.4, 0.5) is 5.69 Å². The highest BCUT2D eigenvalue weighted by atomic mass is 32.1. The van der Waals surface area contributed by atoms with Gasteiger partial charge in [0.25, 0.3) is 5.91 Å². The van der Waals surface area contributed by atoms with Crippen molar-refractivity contribution in [1.29, 1.82) is 0 Å². The molecule has 1 aromatic carbocycles. The molecule has 19 heavy (non-hydrogen) atoms. The molecule has 1 aromatic heterocycles. The van der Waals surface area contributed by atoms with Crippen LogP contribution in [-0.4, -0.2) is 24.5 Å². The van der Waals surface area contributed by atoms with E-state index in [2.05, 4.69) is 9.69 Å². The van der Waals surface area contributed by atoms with Crippen molar-refractivity contribution in [3.8, 4) is 11.5 Å². The zero-order chi connectivity index (χ0) is 13.8. The van der Waals surface area contributed by atoms with Crippen LogP contribution in [0.3, 0.4) is 0 Å². The van der Waals surface area contributed by atoms with E-state index in [0.717, 1.165) is 5.69 Å². The van der Waals surface area contributed by atoms with Crippen molar-refractivity contribution < 1.29 is 14.3 Å². The number of methoxy groups -OCH3 is 2. The third-order valence-corrected chi connectivity index (χ3v) is 3.36. The van der Waals surface area contributed by atoms with E-state index in [1.807, 2.05) is 0 Å². The summed E-state index contributed by atoms with van der Waals surface area (Å²) in [5.41, 5.74) is 1.95. The molecule has 1 N–H and O–H groups in total. The van der Waals surface area contributed by atoms with E-state index >= 15 is 0 Å². The number of hydrogen-bond donors (Lipinski definition) is 1. The molecule has 1 heterocycles. The first kappa shape index (κ1) is 13.4.